The van der Waals surface area contributed by atoms with Crippen LogP contribution in [0.1, 0.15) is 97.9 Å². The lowest BCUT2D eigenvalue weighted by atomic mass is 9.81. The van der Waals surface area contributed by atoms with E-state index in [2.05, 4.69) is 35.3 Å². The van der Waals surface area contributed by atoms with Gasteiger partial charge in [-0.2, -0.15) is 5.10 Å². The smallest absolute Gasteiger partial charge is 0.276 e. The van der Waals surface area contributed by atoms with Crippen molar-refractivity contribution in [2.75, 3.05) is 13.2 Å². The molecule has 0 aromatic carbocycles. The summed E-state index contributed by atoms with van der Waals surface area (Å²) in [4.78, 5) is 37.3. The van der Waals surface area contributed by atoms with Crippen molar-refractivity contribution in [3.8, 4) is 0 Å². The summed E-state index contributed by atoms with van der Waals surface area (Å²) in [5.74, 6) is -7.10. The molecule has 6 rings (SSSR count). The lowest BCUT2D eigenvalue weighted by molar-refractivity contribution is -0.175. The van der Waals surface area contributed by atoms with E-state index in [1.807, 2.05) is 0 Å². The van der Waals surface area contributed by atoms with Gasteiger partial charge in [0.15, 0.2) is 5.69 Å². The molecule has 0 bridgehead atoms. The number of hydrogen-bond donors (Lipinski definition) is 2. The zero-order chi connectivity index (χ0) is 32.1. The summed E-state index contributed by atoms with van der Waals surface area (Å²) in [6.45, 7) is 2.50. The maximum Gasteiger partial charge on any atom is 0.276 e. The van der Waals surface area contributed by atoms with Crippen molar-refractivity contribution < 1.29 is 41.6 Å². The van der Waals surface area contributed by atoms with Gasteiger partial charge in [0, 0.05) is 32.2 Å². The van der Waals surface area contributed by atoms with Crippen LogP contribution in [0.5, 0.6) is 0 Å². The number of aliphatic hydroxyl groups is 1. The van der Waals surface area contributed by atoms with Crippen LogP contribution in [0.25, 0.3) is 5.78 Å². The fourth-order valence-electron chi connectivity index (χ4n) is 6.37. The van der Waals surface area contributed by atoms with Crippen molar-refractivity contribution in [3.63, 3.8) is 0 Å². The average Bonchev–Trinajstić information content (AvgIpc) is 3.61. The molecule has 45 heavy (non-hydrogen) atoms. The van der Waals surface area contributed by atoms with Crippen molar-refractivity contribution in [3.05, 3.63) is 35.2 Å². The van der Waals surface area contributed by atoms with E-state index in [9.17, 15) is 32.3 Å². The quantitative estimate of drug-likeness (QED) is 0.383. The molecule has 3 fully saturated rings. The van der Waals surface area contributed by atoms with Crippen LogP contribution < -0.4 is 5.32 Å². The lowest BCUT2D eigenvalue weighted by Crippen LogP contribution is -2.52. The molecule has 3 aromatic rings. The maximum absolute atomic E-state index is 14.0. The number of fused-ring (bicyclic) bond motifs is 1. The van der Waals surface area contributed by atoms with Crippen LogP contribution in [-0.2, 0) is 9.53 Å². The first-order chi connectivity index (χ1) is 21.2. The Balaban J connectivity index is 1.29. The van der Waals surface area contributed by atoms with Gasteiger partial charge < -0.3 is 20.1 Å². The highest BCUT2D eigenvalue weighted by Gasteiger charge is 2.45. The van der Waals surface area contributed by atoms with E-state index in [-0.39, 0.29) is 74.6 Å². The highest BCUT2D eigenvalue weighted by molar-refractivity contribution is 5.93. The fourth-order valence-corrected chi connectivity index (χ4v) is 6.37. The monoisotopic (exact) mass is 638 g/mol. The Kier molecular flexibility index (Phi) is 8.04. The van der Waals surface area contributed by atoms with Gasteiger partial charge in [0.05, 0.1) is 41.5 Å². The zero-order valence-corrected chi connectivity index (χ0v) is 24.8. The number of nitrogens with zero attached hydrogens (tertiary/aromatic N) is 7. The van der Waals surface area contributed by atoms with E-state index < -0.39 is 60.5 Å². The van der Waals surface area contributed by atoms with Crippen LogP contribution in [0.15, 0.2) is 17.0 Å². The minimum atomic E-state index is -2.99. The number of alkyl halides is 4. The van der Waals surface area contributed by atoms with E-state index in [0.717, 1.165) is 0 Å². The number of piperidine rings is 1. The molecule has 3 aromatic heterocycles. The number of halogens is 4. The van der Waals surface area contributed by atoms with Crippen molar-refractivity contribution in [2.45, 2.75) is 101 Å². The number of carbonyl (C=O) groups is 2. The second kappa shape index (κ2) is 11.6. The number of rotatable bonds is 6. The number of imidazole rings is 1. The highest BCUT2D eigenvalue weighted by atomic mass is 19.3. The topological polar surface area (TPSA) is 161 Å². The van der Waals surface area contributed by atoms with Gasteiger partial charge >= 0.3 is 0 Å². The number of aromatic nitrogens is 6. The molecule has 0 unspecified atom stereocenters. The summed E-state index contributed by atoms with van der Waals surface area (Å²) in [6.07, 6.45) is 1.31. The Hall–Kier alpha value is -3.73. The van der Waals surface area contributed by atoms with Crippen LogP contribution in [0.2, 0.25) is 0 Å². The second-order valence-corrected chi connectivity index (χ2v) is 12.6. The summed E-state index contributed by atoms with van der Waals surface area (Å²) < 4.78 is 66.6. The molecule has 2 N–H and O–H groups in total. The lowest BCUT2D eigenvalue weighted by Gasteiger charge is -2.43. The van der Waals surface area contributed by atoms with Gasteiger partial charge in [-0.25, -0.2) is 36.7 Å². The summed E-state index contributed by atoms with van der Waals surface area (Å²) in [6, 6.07) is -1.53. The van der Waals surface area contributed by atoms with Crippen LogP contribution in [0, 0.1) is 12.8 Å². The molecule has 13 nitrogen and oxygen atoms in total. The molecule has 244 valence electrons. The summed E-state index contributed by atoms with van der Waals surface area (Å²) in [5, 5.41) is 25.4. The molecule has 0 radical (unpaired) electrons. The van der Waals surface area contributed by atoms with E-state index in [1.165, 1.54) is 15.6 Å². The van der Waals surface area contributed by atoms with E-state index in [4.69, 9.17) is 4.74 Å². The molecular weight excluding hydrogens is 604 g/mol. The standard InChI is InChI=1S/C28H34F4N8O5/c1-15-21(38-45-37-15)23(41)36-22(16-3-6-27(29,30)7-4-16)18-13-40-25(35-18)34-17(12-33-40)19-11-26(2,43)9-10-39(19)24(42)20-5-8-28(31,32)14-44-20/h12-13,16,19-20,22,43H,3-11,14H2,1-2H3,(H,36,41)/t19-,20+,22+,26-/m1/s1. The SMILES string of the molecule is Cc1nonc1C(=O)N[C@H](c1cn2ncc([C@H]3C[C@](C)(O)CCN3C(=O)[C@@H]3CCC(F)(F)CO3)nc2n1)C1CCC(F)(F)CC1. The maximum atomic E-state index is 14.0. The Morgan fingerprint density at radius 2 is 1.80 bits per heavy atom. The predicted octanol–water partition coefficient (Wildman–Crippen LogP) is 3.34. The molecule has 4 atom stereocenters. The van der Waals surface area contributed by atoms with Crippen molar-refractivity contribution in [2.24, 2.45) is 5.92 Å². The van der Waals surface area contributed by atoms with Gasteiger partial charge in [0.25, 0.3) is 23.5 Å². The molecular formula is C28H34F4N8O5. The van der Waals surface area contributed by atoms with Crippen LogP contribution in [-0.4, -0.2) is 88.4 Å². The van der Waals surface area contributed by atoms with Gasteiger partial charge in [-0.05, 0) is 50.6 Å². The summed E-state index contributed by atoms with van der Waals surface area (Å²) >= 11 is 0. The minimum Gasteiger partial charge on any atom is -0.390 e. The predicted molar refractivity (Wildman–Crippen MR) is 145 cm³/mol. The Labute approximate surface area is 254 Å². The molecule has 17 heteroatoms. The molecule has 3 aliphatic rings. The number of aryl methyl sites for hydroxylation is 1. The van der Waals surface area contributed by atoms with E-state index >= 15 is 0 Å². The molecule has 5 heterocycles. The average molecular weight is 639 g/mol. The summed E-state index contributed by atoms with van der Waals surface area (Å²) in [7, 11) is 0. The fraction of sp³-hybridized carbons (Fsp3) is 0.679. The Bertz CT molecular complexity index is 1560. The minimum absolute atomic E-state index is 0.0387. The third-order valence-corrected chi connectivity index (χ3v) is 9.01. The van der Waals surface area contributed by atoms with Gasteiger partial charge in [-0.15, -0.1) is 0 Å². The van der Waals surface area contributed by atoms with E-state index in [0.29, 0.717) is 11.4 Å². The second-order valence-electron chi connectivity index (χ2n) is 12.6. The molecule has 2 saturated heterocycles. The number of nitrogens with one attached hydrogen (secondary N) is 1. The van der Waals surface area contributed by atoms with Crippen molar-refractivity contribution >= 4 is 17.6 Å². The number of hydrogen-bond acceptors (Lipinski definition) is 10. The third kappa shape index (κ3) is 6.64. The first-order valence-corrected chi connectivity index (χ1v) is 14.9. The zero-order valence-electron chi connectivity index (χ0n) is 24.8. The van der Waals surface area contributed by atoms with Crippen molar-refractivity contribution in [1.82, 2.24) is 40.1 Å². The number of carbonyl (C=O) groups excluding carboxylic acids is 2. The third-order valence-electron chi connectivity index (χ3n) is 9.01. The Morgan fingerprint density at radius 1 is 1.07 bits per heavy atom. The Morgan fingerprint density at radius 3 is 2.47 bits per heavy atom. The van der Waals surface area contributed by atoms with Gasteiger partial charge in [0.1, 0.15) is 18.4 Å². The van der Waals surface area contributed by atoms with Crippen LogP contribution >= 0.6 is 0 Å². The summed E-state index contributed by atoms with van der Waals surface area (Å²) in [5.41, 5.74) is -0.258. The van der Waals surface area contributed by atoms with Gasteiger partial charge in [0.2, 0.25) is 5.92 Å². The van der Waals surface area contributed by atoms with Gasteiger partial charge in [-0.3, -0.25) is 9.59 Å². The molecule has 2 aliphatic heterocycles. The molecule has 1 saturated carbocycles. The number of amides is 2. The largest absolute Gasteiger partial charge is 0.390 e. The molecule has 0 spiro atoms. The van der Waals surface area contributed by atoms with Gasteiger partial charge in [-0.1, -0.05) is 5.16 Å². The molecule has 2 amide bonds. The first kappa shape index (κ1) is 31.3. The van der Waals surface area contributed by atoms with Crippen LogP contribution in [0.4, 0.5) is 17.6 Å². The van der Waals surface area contributed by atoms with Crippen LogP contribution in [0.3, 0.4) is 0 Å². The first-order valence-electron chi connectivity index (χ1n) is 14.9. The van der Waals surface area contributed by atoms with Crippen molar-refractivity contribution in [1.29, 1.82) is 0 Å². The highest BCUT2D eigenvalue weighted by Crippen LogP contribution is 2.42. The molecule has 1 aliphatic carbocycles. The number of likely N-dealkylation sites (tertiary alicyclic amines) is 1. The van der Waals surface area contributed by atoms with E-state index in [1.54, 1.807) is 20.0 Å². The normalized spacial score (nSPS) is 27.8. The number of ether oxygens (including phenoxy) is 1.